The Morgan fingerprint density at radius 3 is 3.07 bits per heavy atom. The van der Waals surface area contributed by atoms with Gasteiger partial charge in [-0.1, -0.05) is 13.0 Å². The van der Waals surface area contributed by atoms with E-state index in [1.165, 1.54) is 0 Å². The molecule has 0 saturated carbocycles. The van der Waals surface area contributed by atoms with Gasteiger partial charge in [0.15, 0.2) is 0 Å². The Hall–Kier alpha value is -1.58. The number of aromatic nitrogens is 2. The maximum absolute atomic E-state index is 11.4. The maximum Gasteiger partial charge on any atom is 0.246 e. The zero-order chi connectivity index (χ0) is 10.4. The van der Waals surface area contributed by atoms with Gasteiger partial charge in [-0.2, -0.15) is 5.10 Å². The van der Waals surface area contributed by atoms with Gasteiger partial charge in [-0.25, -0.2) is 0 Å². The van der Waals surface area contributed by atoms with Crippen LogP contribution in [-0.2, 0) is 11.3 Å². The summed E-state index contributed by atoms with van der Waals surface area (Å²) in [5.41, 5.74) is 1.66. The minimum Gasteiger partial charge on any atom is -0.347 e. The molecular formula is C10H15N3O. The van der Waals surface area contributed by atoms with Crippen LogP contribution >= 0.6 is 0 Å². The molecule has 1 aromatic heterocycles. The first-order chi connectivity index (χ1) is 6.74. The lowest BCUT2D eigenvalue weighted by atomic mass is 10.2. The second kappa shape index (κ2) is 5.21. The van der Waals surface area contributed by atoms with Gasteiger partial charge in [-0.15, -0.1) is 0 Å². The number of amides is 1. The van der Waals surface area contributed by atoms with E-state index in [9.17, 15) is 4.79 Å². The highest BCUT2D eigenvalue weighted by Gasteiger charge is 2.02. The number of carbonyl (C=O) groups excluding carboxylic acids is 1. The molecule has 0 radical (unpaired) electrons. The normalized spacial score (nSPS) is 11.4. The third-order valence-electron chi connectivity index (χ3n) is 1.87. The second-order valence-corrected chi connectivity index (χ2v) is 3.06. The van der Waals surface area contributed by atoms with Crippen molar-refractivity contribution in [2.45, 2.75) is 26.8 Å². The van der Waals surface area contributed by atoms with Gasteiger partial charge < -0.3 is 5.32 Å². The molecule has 0 atom stereocenters. The van der Waals surface area contributed by atoms with E-state index in [1.54, 1.807) is 6.20 Å². The first kappa shape index (κ1) is 10.5. The van der Waals surface area contributed by atoms with Crippen molar-refractivity contribution >= 4 is 5.91 Å². The van der Waals surface area contributed by atoms with Gasteiger partial charge in [0.1, 0.15) is 0 Å². The number of carbonyl (C=O) groups is 1. The third kappa shape index (κ3) is 3.05. The predicted molar refractivity (Wildman–Crippen MR) is 54.5 cm³/mol. The van der Waals surface area contributed by atoms with Crippen molar-refractivity contribution in [3.05, 3.63) is 29.6 Å². The molecule has 1 rings (SSSR count). The number of hydrogen-bond acceptors (Lipinski definition) is 2. The summed E-state index contributed by atoms with van der Waals surface area (Å²) in [6.45, 7) is 4.31. The molecule has 76 valence electrons. The van der Waals surface area contributed by atoms with Crippen LogP contribution in [0.25, 0.3) is 0 Å². The van der Waals surface area contributed by atoms with E-state index in [4.69, 9.17) is 0 Å². The molecular weight excluding hydrogens is 178 g/mol. The van der Waals surface area contributed by atoms with E-state index in [2.05, 4.69) is 15.5 Å². The van der Waals surface area contributed by atoms with Crippen LogP contribution in [0, 0.1) is 0 Å². The SMILES string of the molecule is CCC=C(C)C(=O)NCc1ccn[nH]1. The first-order valence-corrected chi connectivity index (χ1v) is 4.67. The monoisotopic (exact) mass is 193 g/mol. The minimum absolute atomic E-state index is 0.0264. The van der Waals surface area contributed by atoms with Crippen molar-refractivity contribution < 1.29 is 4.79 Å². The zero-order valence-electron chi connectivity index (χ0n) is 8.50. The second-order valence-electron chi connectivity index (χ2n) is 3.06. The summed E-state index contributed by atoms with van der Waals surface area (Å²) in [5, 5.41) is 9.36. The summed E-state index contributed by atoms with van der Waals surface area (Å²) in [4.78, 5) is 11.4. The maximum atomic E-state index is 11.4. The van der Waals surface area contributed by atoms with E-state index < -0.39 is 0 Å². The highest BCUT2D eigenvalue weighted by molar-refractivity contribution is 5.92. The van der Waals surface area contributed by atoms with Gasteiger partial charge >= 0.3 is 0 Å². The number of allylic oxidation sites excluding steroid dienone is 1. The van der Waals surface area contributed by atoms with Crippen LogP contribution in [0.3, 0.4) is 0 Å². The Balaban J connectivity index is 2.39. The van der Waals surface area contributed by atoms with Crippen molar-refractivity contribution in [1.29, 1.82) is 0 Å². The van der Waals surface area contributed by atoms with Gasteiger partial charge in [0.25, 0.3) is 0 Å². The summed E-state index contributed by atoms with van der Waals surface area (Å²) in [5.74, 6) is -0.0264. The van der Waals surface area contributed by atoms with E-state index >= 15 is 0 Å². The van der Waals surface area contributed by atoms with E-state index in [0.29, 0.717) is 6.54 Å². The van der Waals surface area contributed by atoms with Gasteiger partial charge in [0.05, 0.1) is 12.2 Å². The topological polar surface area (TPSA) is 57.8 Å². The molecule has 0 bridgehead atoms. The number of rotatable bonds is 4. The van der Waals surface area contributed by atoms with E-state index in [-0.39, 0.29) is 5.91 Å². The summed E-state index contributed by atoms with van der Waals surface area (Å²) < 4.78 is 0. The molecule has 0 saturated heterocycles. The van der Waals surface area contributed by atoms with E-state index in [1.807, 2.05) is 26.0 Å². The Morgan fingerprint density at radius 2 is 2.50 bits per heavy atom. The van der Waals surface area contributed by atoms with Crippen LogP contribution in [0.15, 0.2) is 23.9 Å². The largest absolute Gasteiger partial charge is 0.347 e. The molecule has 0 fully saturated rings. The van der Waals surface area contributed by atoms with Crippen molar-refractivity contribution in [3.8, 4) is 0 Å². The fourth-order valence-corrected chi connectivity index (χ4v) is 1.10. The molecule has 14 heavy (non-hydrogen) atoms. The van der Waals surface area contributed by atoms with Crippen LogP contribution in [0.2, 0.25) is 0 Å². The molecule has 2 N–H and O–H groups in total. The molecule has 1 aromatic rings. The molecule has 0 unspecified atom stereocenters. The third-order valence-corrected chi connectivity index (χ3v) is 1.87. The molecule has 0 aromatic carbocycles. The van der Waals surface area contributed by atoms with Crippen LogP contribution in [0.4, 0.5) is 0 Å². The van der Waals surface area contributed by atoms with Crippen molar-refractivity contribution in [2.75, 3.05) is 0 Å². The van der Waals surface area contributed by atoms with E-state index in [0.717, 1.165) is 17.7 Å². The highest BCUT2D eigenvalue weighted by Crippen LogP contribution is 1.96. The smallest absolute Gasteiger partial charge is 0.246 e. The zero-order valence-corrected chi connectivity index (χ0v) is 8.50. The Morgan fingerprint density at radius 1 is 1.71 bits per heavy atom. The summed E-state index contributed by atoms with van der Waals surface area (Å²) in [6.07, 6.45) is 4.45. The molecule has 0 spiro atoms. The number of nitrogens with one attached hydrogen (secondary N) is 2. The summed E-state index contributed by atoms with van der Waals surface area (Å²) in [7, 11) is 0. The predicted octanol–water partition coefficient (Wildman–Crippen LogP) is 1.38. The number of nitrogens with zero attached hydrogens (tertiary/aromatic N) is 1. The average Bonchev–Trinajstić information content (AvgIpc) is 2.67. The summed E-state index contributed by atoms with van der Waals surface area (Å²) >= 11 is 0. The summed E-state index contributed by atoms with van der Waals surface area (Å²) in [6, 6.07) is 1.83. The number of H-pyrrole nitrogens is 1. The Kier molecular flexibility index (Phi) is 3.91. The molecule has 1 heterocycles. The fourth-order valence-electron chi connectivity index (χ4n) is 1.10. The molecule has 4 nitrogen and oxygen atoms in total. The minimum atomic E-state index is -0.0264. The lowest BCUT2D eigenvalue weighted by molar-refractivity contribution is -0.117. The highest BCUT2D eigenvalue weighted by atomic mass is 16.1. The van der Waals surface area contributed by atoms with Crippen LogP contribution in [0.5, 0.6) is 0 Å². The van der Waals surface area contributed by atoms with Crippen LogP contribution < -0.4 is 5.32 Å². The molecule has 0 aliphatic rings. The quantitative estimate of drug-likeness (QED) is 0.710. The fraction of sp³-hybridized carbons (Fsp3) is 0.400. The molecule has 0 aliphatic carbocycles. The molecule has 1 amide bonds. The standard InChI is InChI=1S/C10H15N3O/c1-3-4-8(2)10(14)11-7-9-5-6-12-13-9/h4-6H,3,7H2,1-2H3,(H,11,14)(H,12,13). The lowest BCUT2D eigenvalue weighted by Crippen LogP contribution is -2.23. The Bertz CT molecular complexity index is 314. The first-order valence-electron chi connectivity index (χ1n) is 4.67. The van der Waals surface area contributed by atoms with Crippen LogP contribution in [0.1, 0.15) is 26.0 Å². The van der Waals surface area contributed by atoms with Gasteiger partial charge in [-0.05, 0) is 19.4 Å². The molecule has 0 aliphatic heterocycles. The molecule has 4 heteroatoms. The van der Waals surface area contributed by atoms with Crippen molar-refractivity contribution in [3.63, 3.8) is 0 Å². The van der Waals surface area contributed by atoms with Gasteiger partial charge in [0.2, 0.25) is 5.91 Å². The average molecular weight is 193 g/mol. The lowest BCUT2D eigenvalue weighted by Gasteiger charge is -2.02. The number of hydrogen-bond donors (Lipinski definition) is 2. The van der Waals surface area contributed by atoms with Crippen LogP contribution in [-0.4, -0.2) is 16.1 Å². The van der Waals surface area contributed by atoms with Crippen molar-refractivity contribution in [2.24, 2.45) is 0 Å². The van der Waals surface area contributed by atoms with Gasteiger partial charge in [0, 0.05) is 11.8 Å². The number of aromatic amines is 1. The Labute approximate surface area is 83.4 Å². The van der Waals surface area contributed by atoms with Gasteiger partial charge in [-0.3, -0.25) is 9.89 Å². The van der Waals surface area contributed by atoms with Crippen molar-refractivity contribution in [1.82, 2.24) is 15.5 Å².